The summed E-state index contributed by atoms with van der Waals surface area (Å²) in [5.41, 5.74) is -2.76. The number of benzene rings is 1. The third-order valence-corrected chi connectivity index (χ3v) is 1.46. The number of nitriles is 1. The Balaban J connectivity index is 3.77. The highest BCUT2D eigenvalue weighted by atomic mass is 19.2. The fraction of sp³-hybridized carbons (Fsp3) is 0. The molecule has 2 nitrogen and oxygen atoms in total. The fourth-order valence-electron chi connectivity index (χ4n) is 0.816. The second-order valence-corrected chi connectivity index (χ2v) is 2.20. The first-order valence-electron chi connectivity index (χ1n) is 3.18. The number of halogens is 4. The Morgan fingerprint density at radius 1 is 1.00 bits per heavy atom. The van der Waals surface area contributed by atoms with Crippen LogP contribution in [-0.2, 0) is 0 Å². The summed E-state index contributed by atoms with van der Waals surface area (Å²) in [5.74, 6) is -7.40. The van der Waals surface area contributed by atoms with Gasteiger partial charge < -0.3 is 0 Å². The van der Waals surface area contributed by atoms with Crippen LogP contribution in [0.2, 0.25) is 0 Å². The van der Waals surface area contributed by atoms with Gasteiger partial charge in [0.05, 0.1) is 6.57 Å². The molecule has 1 aromatic carbocycles. The van der Waals surface area contributed by atoms with E-state index in [1.165, 1.54) is 0 Å². The predicted molar refractivity (Wildman–Crippen MR) is 37.3 cm³/mol. The highest BCUT2D eigenvalue weighted by Gasteiger charge is 2.25. The van der Waals surface area contributed by atoms with E-state index in [1.54, 1.807) is 0 Å². The summed E-state index contributed by atoms with van der Waals surface area (Å²) in [6.45, 7) is 6.28. The zero-order valence-corrected chi connectivity index (χ0v) is 6.41. The fourth-order valence-corrected chi connectivity index (χ4v) is 0.816. The van der Waals surface area contributed by atoms with Crippen molar-refractivity contribution in [3.63, 3.8) is 0 Å². The second-order valence-electron chi connectivity index (χ2n) is 2.20. The molecule has 0 aliphatic carbocycles. The molecule has 1 aromatic rings. The van der Waals surface area contributed by atoms with E-state index in [9.17, 15) is 17.6 Å². The summed E-state index contributed by atoms with van der Waals surface area (Å²) in [5, 5.41) is 8.17. The zero-order valence-electron chi connectivity index (χ0n) is 6.41. The van der Waals surface area contributed by atoms with E-state index in [0.717, 1.165) is 6.07 Å². The van der Waals surface area contributed by atoms with E-state index in [2.05, 4.69) is 4.85 Å². The molecule has 0 amide bonds. The lowest BCUT2D eigenvalue weighted by atomic mass is 10.1. The molecule has 0 fully saturated rings. The van der Waals surface area contributed by atoms with E-state index in [0.29, 0.717) is 0 Å². The van der Waals surface area contributed by atoms with E-state index in [1.807, 2.05) is 0 Å². The van der Waals surface area contributed by atoms with Crippen LogP contribution in [0.25, 0.3) is 4.85 Å². The molecule has 70 valence electrons. The van der Waals surface area contributed by atoms with Crippen LogP contribution < -0.4 is 0 Å². The summed E-state index contributed by atoms with van der Waals surface area (Å²) >= 11 is 0. The number of hydrogen-bond acceptors (Lipinski definition) is 1. The molecule has 0 heterocycles. The minimum atomic E-state index is -1.85. The van der Waals surface area contributed by atoms with Crippen molar-refractivity contribution < 1.29 is 17.6 Å². The monoisotopic (exact) mass is 200 g/mol. The Bertz CT molecular complexity index is 408. The van der Waals surface area contributed by atoms with Crippen molar-refractivity contribution in [3.8, 4) is 6.07 Å². The van der Waals surface area contributed by atoms with Gasteiger partial charge in [-0.25, -0.2) is 22.4 Å². The molecule has 0 aliphatic heterocycles. The van der Waals surface area contributed by atoms with E-state index >= 15 is 0 Å². The summed E-state index contributed by atoms with van der Waals surface area (Å²) in [6, 6.07) is 0.964. The smallest absolute Gasteiger partial charge is 0.232 e. The van der Waals surface area contributed by atoms with Crippen molar-refractivity contribution in [3.05, 3.63) is 40.2 Å². The average Bonchev–Trinajstić information content (AvgIpc) is 2.17. The Kier molecular flexibility index (Phi) is 2.39. The van der Waals surface area contributed by atoms with Crippen molar-refractivity contribution in [2.45, 2.75) is 0 Å². The maximum atomic E-state index is 12.7. The predicted octanol–water partition coefficient (Wildman–Crippen LogP) is 2.67. The Hall–Kier alpha value is -2.08. The minimum absolute atomic E-state index is 0.964. The third-order valence-electron chi connectivity index (χ3n) is 1.46. The summed E-state index contributed by atoms with van der Waals surface area (Å²) < 4.78 is 51.0. The molecule has 0 unspecified atom stereocenters. The van der Waals surface area contributed by atoms with Gasteiger partial charge in [0.2, 0.25) is 0 Å². The molecule has 0 saturated carbocycles. The van der Waals surface area contributed by atoms with Crippen LogP contribution in [0, 0.1) is 41.2 Å². The molecule has 0 atom stereocenters. The van der Waals surface area contributed by atoms with Crippen LogP contribution in [0.4, 0.5) is 23.2 Å². The minimum Gasteiger partial charge on any atom is -0.232 e. The van der Waals surface area contributed by atoms with Crippen LogP contribution in [0.1, 0.15) is 5.56 Å². The SMILES string of the molecule is [C-]#[N+]c1c(F)c(F)c(C#N)c(F)c1F. The molecule has 0 N–H and O–H groups in total. The molecule has 6 heteroatoms. The highest BCUT2D eigenvalue weighted by Crippen LogP contribution is 2.29. The van der Waals surface area contributed by atoms with Crippen molar-refractivity contribution in [1.82, 2.24) is 0 Å². The lowest BCUT2D eigenvalue weighted by Crippen LogP contribution is -1.99. The van der Waals surface area contributed by atoms with Crippen LogP contribution in [-0.4, -0.2) is 0 Å². The van der Waals surface area contributed by atoms with Crippen LogP contribution in [0.5, 0.6) is 0 Å². The first kappa shape index (κ1) is 10.0. The van der Waals surface area contributed by atoms with E-state index in [-0.39, 0.29) is 0 Å². The van der Waals surface area contributed by atoms with Gasteiger partial charge >= 0.3 is 0 Å². The largest absolute Gasteiger partial charge is 0.262 e. The van der Waals surface area contributed by atoms with Crippen molar-refractivity contribution in [1.29, 1.82) is 5.26 Å². The highest BCUT2D eigenvalue weighted by molar-refractivity contribution is 5.52. The number of rotatable bonds is 0. The number of hydrogen-bond donors (Lipinski definition) is 0. The van der Waals surface area contributed by atoms with Gasteiger partial charge in [-0.05, 0) is 0 Å². The van der Waals surface area contributed by atoms with Crippen LogP contribution >= 0.6 is 0 Å². The lowest BCUT2D eigenvalue weighted by molar-refractivity contribution is 0.457. The molecule has 0 spiro atoms. The average molecular weight is 200 g/mol. The zero-order chi connectivity index (χ0) is 10.9. The van der Waals surface area contributed by atoms with Gasteiger partial charge in [0.25, 0.3) is 5.69 Å². The first-order valence-corrected chi connectivity index (χ1v) is 3.18. The van der Waals surface area contributed by atoms with E-state index in [4.69, 9.17) is 11.8 Å². The van der Waals surface area contributed by atoms with E-state index < -0.39 is 34.5 Å². The van der Waals surface area contributed by atoms with Gasteiger partial charge in [-0.2, -0.15) is 5.26 Å². The van der Waals surface area contributed by atoms with Gasteiger partial charge in [0.15, 0.2) is 23.3 Å². The van der Waals surface area contributed by atoms with Gasteiger partial charge in [-0.15, -0.1) is 0 Å². The molecule has 0 aliphatic rings. The van der Waals surface area contributed by atoms with Crippen molar-refractivity contribution >= 4 is 5.69 Å². The maximum Gasteiger partial charge on any atom is 0.262 e. The van der Waals surface area contributed by atoms with Gasteiger partial charge in [0, 0.05) is 0 Å². The first-order chi connectivity index (χ1) is 6.54. The van der Waals surface area contributed by atoms with Crippen molar-refractivity contribution in [2.24, 2.45) is 0 Å². The van der Waals surface area contributed by atoms with Gasteiger partial charge in [-0.3, -0.25) is 0 Å². The topological polar surface area (TPSA) is 28.1 Å². The molecule has 0 saturated heterocycles. The molecular weight excluding hydrogens is 200 g/mol. The summed E-state index contributed by atoms with van der Waals surface area (Å²) in [7, 11) is 0. The molecular formula is C8F4N2. The number of nitrogens with zero attached hydrogens (tertiary/aromatic N) is 2. The molecule has 0 radical (unpaired) electrons. The van der Waals surface area contributed by atoms with Crippen LogP contribution in [0.15, 0.2) is 0 Å². The van der Waals surface area contributed by atoms with Crippen molar-refractivity contribution in [2.75, 3.05) is 0 Å². The quantitative estimate of drug-likeness (QED) is 0.359. The van der Waals surface area contributed by atoms with Crippen LogP contribution in [0.3, 0.4) is 0 Å². The lowest BCUT2D eigenvalue weighted by Gasteiger charge is -2.01. The normalized spacial score (nSPS) is 9.29. The standard InChI is InChI=1S/C8F4N2/c1-14-8-6(11)4(9)3(2-13)5(10)7(8)12. The maximum absolute atomic E-state index is 12.7. The molecule has 14 heavy (non-hydrogen) atoms. The van der Waals surface area contributed by atoms with Gasteiger partial charge in [-0.1, -0.05) is 0 Å². The molecule has 0 aromatic heterocycles. The Morgan fingerprint density at radius 2 is 1.43 bits per heavy atom. The molecule has 0 bridgehead atoms. The third kappa shape index (κ3) is 1.17. The Labute approximate surface area is 75.8 Å². The second kappa shape index (κ2) is 3.35. The van der Waals surface area contributed by atoms with Gasteiger partial charge in [0.1, 0.15) is 11.6 Å². The Morgan fingerprint density at radius 3 is 1.71 bits per heavy atom. The summed E-state index contributed by atoms with van der Waals surface area (Å²) in [4.78, 5) is 2.28. The summed E-state index contributed by atoms with van der Waals surface area (Å²) in [6.07, 6.45) is 0. The molecule has 1 rings (SSSR count).